The van der Waals surface area contributed by atoms with Crippen LogP contribution in [0.15, 0.2) is 48.5 Å². The number of carbonyl (C=O) groups excluding carboxylic acids is 3. The number of carbonyl (C=O) groups is 3. The van der Waals surface area contributed by atoms with Crippen LogP contribution in [0.3, 0.4) is 0 Å². The van der Waals surface area contributed by atoms with Gasteiger partial charge in [-0.15, -0.1) is 0 Å². The first-order chi connectivity index (χ1) is 15.0. The van der Waals surface area contributed by atoms with Crippen LogP contribution < -0.4 is 10.1 Å². The zero-order chi connectivity index (χ0) is 21.8. The van der Waals surface area contributed by atoms with Gasteiger partial charge in [0, 0.05) is 38.7 Å². The largest absolute Gasteiger partial charge is 0.484 e. The number of hydrogen-bond acceptors (Lipinski definition) is 4. The van der Waals surface area contributed by atoms with E-state index in [0.717, 1.165) is 37.1 Å². The standard InChI is InChI=1S/C24H27N3O4/c1-17(28)25-20-10-9-18-14-22(24(30)26-11-5-6-12-26)27(15-19(18)13-20)23(29)16-31-21-7-3-2-4-8-21/h2-4,7-10,13,22H,5-6,11-12,14-16H2,1H3,(H,25,28)/t22-/m1/s1. The van der Waals surface area contributed by atoms with Crippen molar-refractivity contribution in [2.24, 2.45) is 0 Å². The summed E-state index contributed by atoms with van der Waals surface area (Å²) in [7, 11) is 0. The van der Waals surface area contributed by atoms with Gasteiger partial charge in [-0.3, -0.25) is 14.4 Å². The molecule has 0 unspecified atom stereocenters. The van der Waals surface area contributed by atoms with E-state index >= 15 is 0 Å². The maximum Gasteiger partial charge on any atom is 0.261 e. The van der Waals surface area contributed by atoms with Gasteiger partial charge in [-0.25, -0.2) is 0 Å². The monoisotopic (exact) mass is 421 g/mol. The second kappa shape index (κ2) is 9.20. The summed E-state index contributed by atoms with van der Waals surface area (Å²) in [6.07, 6.45) is 2.46. The molecule has 2 aromatic carbocycles. The molecule has 1 fully saturated rings. The number of nitrogens with one attached hydrogen (secondary N) is 1. The minimum Gasteiger partial charge on any atom is -0.484 e. The van der Waals surface area contributed by atoms with E-state index < -0.39 is 6.04 Å². The Labute approximate surface area is 182 Å². The van der Waals surface area contributed by atoms with Crippen molar-refractivity contribution in [1.82, 2.24) is 9.80 Å². The summed E-state index contributed by atoms with van der Waals surface area (Å²) in [5.74, 6) is 0.241. The highest BCUT2D eigenvalue weighted by Crippen LogP contribution is 2.28. The van der Waals surface area contributed by atoms with E-state index in [-0.39, 0.29) is 24.3 Å². The van der Waals surface area contributed by atoms with E-state index in [4.69, 9.17) is 4.74 Å². The van der Waals surface area contributed by atoms with Crippen molar-refractivity contribution in [2.75, 3.05) is 25.0 Å². The lowest BCUT2D eigenvalue weighted by molar-refractivity contribution is -0.147. The van der Waals surface area contributed by atoms with Crippen molar-refractivity contribution in [2.45, 2.75) is 38.8 Å². The van der Waals surface area contributed by atoms with Crippen molar-refractivity contribution >= 4 is 23.4 Å². The molecule has 4 rings (SSSR count). The van der Waals surface area contributed by atoms with Gasteiger partial charge >= 0.3 is 0 Å². The molecule has 1 saturated heterocycles. The highest BCUT2D eigenvalue weighted by Gasteiger charge is 2.37. The van der Waals surface area contributed by atoms with E-state index in [0.29, 0.717) is 24.4 Å². The molecule has 0 saturated carbocycles. The average molecular weight is 421 g/mol. The molecule has 1 N–H and O–H groups in total. The van der Waals surface area contributed by atoms with Gasteiger partial charge in [0.05, 0.1) is 0 Å². The molecular formula is C24H27N3O4. The molecule has 7 nitrogen and oxygen atoms in total. The number of hydrogen-bond donors (Lipinski definition) is 1. The molecule has 31 heavy (non-hydrogen) atoms. The summed E-state index contributed by atoms with van der Waals surface area (Å²) < 4.78 is 5.67. The van der Waals surface area contributed by atoms with Gasteiger partial charge < -0.3 is 19.9 Å². The lowest BCUT2D eigenvalue weighted by Crippen LogP contribution is -2.54. The van der Waals surface area contributed by atoms with Crippen LogP contribution in [-0.4, -0.2) is 53.3 Å². The van der Waals surface area contributed by atoms with Gasteiger partial charge in [0.25, 0.3) is 5.91 Å². The Kier molecular flexibility index (Phi) is 6.21. The summed E-state index contributed by atoms with van der Waals surface area (Å²) in [5, 5.41) is 2.78. The maximum absolute atomic E-state index is 13.2. The normalized spacial score (nSPS) is 17.8. The predicted molar refractivity (Wildman–Crippen MR) is 117 cm³/mol. The first-order valence-electron chi connectivity index (χ1n) is 10.7. The molecule has 0 aromatic heterocycles. The second-order valence-corrected chi connectivity index (χ2v) is 8.04. The summed E-state index contributed by atoms with van der Waals surface area (Å²) in [6.45, 7) is 3.12. The highest BCUT2D eigenvalue weighted by atomic mass is 16.5. The molecule has 2 aliphatic rings. The van der Waals surface area contributed by atoms with Gasteiger partial charge in [0.2, 0.25) is 11.8 Å². The third-order valence-corrected chi connectivity index (χ3v) is 5.79. The average Bonchev–Trinajstić information content (AvgIpc) is 3.31. The quantitative estimate of drug-likeness (QED) is 0.805. The zero-order valence-electron chi connectivity index (χ0n) is 17.7. The maximum atomic E-state index is 13.2. The van der Waals surface area contributed by atoms with Gasteiger partial charge in [0.1, 0.15) is 11.8 Å². The Bertz CT molecular complexity index is 970. The van der Waals surface area contributed by atoms with Crippen molar-refractivity contribution in [1.29, 1.82) is 0 Å². The van der Waals surface area contributed by atoms with Crippen molar-refractivity contribution in [3.05, 3.63) is 59.7 Å². The molecule has 2 aromatic rings. The number of nitrogens with zero attached hydrogens (tertiary/aromatic N) is 2. The lowest BCUT2D eigenvalue weighted by Gasteiger charge is -2.38. The Morgan fingerprint density at radius 3 is 2.48 bits per heavy atom. The summed E-state index contributed by atoms with van der Waals surface area (Å²) in [6, 6.07) is 14.3. The topological polar surface area (TPSA) is 79.0 Å². The second-order valence-electron chi connectivity index (χ2n) is 8.04. The molecule has 162 valence electrons. The van der Waals surface area contributed by atoms with Gasteiger partial charge in [0.15, 0.2) is 6.61 Å². The lowest BCUT2D eigenvalue weighted by atomic mass is 9.92. The molecular weight excluding hydrogens is 394 g/mol. The van der Waals surface area contributed by atoms with Crippen molar-refractivity contribution < 1.29 is 19.1 Å². The number of likely N-dealkylation sites (tertiary alicyclic amines) is 1. The first kappa shape index (κ1) is 20.9. The Morgan fingerprint density at radius 1 is 1.03 bits per heavy atom. The van der Waals surface area contributed by atoms with Crippen molar-refractivity contribution in [3.8, 4) is 5.75 Å². The van der Waals surface area contributed by atoms with Gasteiger partial charge in [-0.2, -0.15) is 0 Å². The van der Waals surface area contributed by atoms with Crippen LogP contribution >= 0.6 is 0 Å². The van der Waals surface area contributed by atoms with Crippen LogP contribution in [0, 0.1) is 0 Å². The van der Waals surface area contributed by atoms with E-state index in [1.165, 1.54) is 6.92 Å². The molecule has 7 heteroatoms. The SMILES string of the molecule is CC(=O)Nc1ccc2c(c1)CN(C(=O)COc1ccccc1)[C@@H](C(=O)N1CCCC1)C2. The summed E-state index contributed by atoms with van der Waals surface area (Å²) in [5.41, 5.74) is 2.65. The smallest absolute Gasteiger partial charge is 0.261 e. The van der Waals surface area contributed by atoms with Gasteiger partial charge in [-0.1, -0.05) is 24.3 Å². The summed E-state index contributed by atoms with van der Waals surface area (Å²) >= 11 is 0. The van der Waals surface area contributed by atoms with E-state index in [2.05, 4.69) is 5.32 Å². The molecule has 0 radical (unpaired) electrons. The van der Waals surface area contributed by atoms with Crippen LogP contribution in [0.2, 0.25) is 0 Å². The molecule has 1 atom stereocenters. The fourth-order valence-corrected chi connectivity index (χ4v) is 4.24. The molecule has 0 spiro atoms. The molecule has 3 amide bonds. The number of para-hydroxylation sites is 1. The van der Waals surface area contributed by atoms with Gasteiger partial charge in [-0.05, 0) is 48.2 Å². The Hall–Kier alpha value is -3.35. The van der Waals surface area contributed by atoms with E-state index in [9.17, 15) is 14.4 Å². The highest BCUT2D eigenvalue weighted by molar-refractivity contribution is 5.90. The zero-order valence-corrected chi connectivity index (χ0v) is 17.7. The first-order valence-corrected chi connectivity index (χ1v) is 10.7. The Balaban J connectivity index is 1.56. The van der Waals surface area contributed by atoms with E-state index in [1.807, 2.05) is 41.3 Å². The fourth-order valence-electron chi connectivity index (χ4n) is 4.24. The van der Waals surface area contributed by atoms with E-state index in [1.54, 1.807) is 17.0 Å². The van der Waals surface area contributed by atoms with Crippen LogP contribution in [0.5, 0.6) is 5.75 Å². The fraction of sp³-hybridized carbons (Fsp3) is 0.375. The number of amides is 3. The number of benzene rings is 2. The number of rotatable bonds is 5. The van der Waals surface area contributed by atoms with Crippen molar-refractivity contribution in [3.63, 3.8) is 0 Å². The van der Waals surface area contributed by atoms with Crippen LogP contribution in [-0.2, 0) is 27.3 Å². The molecule has 2 heterocycles. The van der Waals surface area contributed by atoms with Crippen LogP contribution in [0.25, 0.3) is 0 Å². The molecule has 0 aliphatic carbocycles. The number of ether oxygens (including phenoxy) is 1. The summed E-state index contributed by atoms with van der Waals surface area (Å²) in [4.78, 5) is 41.3. The minimum atomic E-state index is -0.538. The molecule has 2 aliphatic heterocycles. The minimum absolute atomic E-state index is 0.00199. The molecule has 0 bridgehead atoms. The van der Waals surface area contributed by atoms with Crippen LogP contribution in [0.1, 0.15) is 30.9 Å². The third kappa shape index (κ3) is 4.87. The Morgan fingerprint density at radius 2 is 1.77 bits per heavy atom. The number of anilines is 1. The third-order valence-electron chi connectivity index (χ3n) is 5.79. The van der Waals surface area contributed by atoms with Crippen LogP contribution in [0.4, 0.5) is 5.69 Å². The number of fused-ring (bicyclic) bond motifs is 1. The predicted octanol–water partition coefficient (Wildman–Crippen LogP) is 2.60.